The van der Waals surface area contributed by atoms with E-state index in [4.69, 9.17) is 0 Å². The monoisotopic (exact) mass is 708 g/mol. The Morgan fingerprint density at radius 3 is 2.02 bits per heavy atom. The van der Waals surface area contributed by atoms with Crippen LogP contribution in [0.1, 0.15) is 74.7 Å². The minimum absolute atomic E-state index is 0.0308. The summed E-state index contributed by atoms with van der Waals surface area (Å²) >= 11 is 0. The molecule has 2 saturated heterocycles. The number of urea groups is 1. The minimum atomic E-state index is -4.65. The molecule has 48 heavy (non-hydrogen) atoms. The first-order valence-corrected chi connectivity index (χ1v) is 17.8. The predicted octanol–water partition coefficient (Wildman–Crippen LogP) is 1.78. The maximum absolute atomic E-state index is 14.2. The van der Waals surface area contributed by atoms with Crippen LogP contribution in [0.2, 0.25) is 0 Å². The Labute approximate surface area is 280 Å². The van der Waals surface area contributed by atoms with Gasteiger partial charge < -0.3 is 26.2 Å². The molecule has 274 valence electrons. The van der Waals surface area contributed by atoms with Gasteiger partial charge in [-0.2, -0.15) is 17.5 Å². The third-order valence-electron chi connectivity index (χ3n) is 9.89. The molecule has 0 aromatic rings. The number of nitrogens with one attached hydrogen (secondary N) is 4. The van der Waals surface area contributed by atoms with Crippen molar-refractivity contribution in [2.45, 2.75) is 105 Å². The van der Waals surface area contributed by atoms with Gasteiger partial charge in [0.05, 0.1) is 11.8 Å². The van der Waals surface area contributed by atoms with Crippen molar-refractivity contribution in [3.63, 3.8) is 0 Å². The zero-order valence-electron chi connectivity index (χ0n) is 29.2. The largest absolute Gasteiger partial charge is 0.389 e. The highest BCUT2D eigenvalue weighted by atomic mass is 32.2. The summed E-state index contributed by atoms with van der Waals surface area (Å²) in [5.74, 6) is -4.32. The highest BCUT2D eigenvalue weighted by Gasteiger charge is 2.70. The molecule has 6 atom stereocenters. The molecule has 0 radical (unpaired) electrons. The van der Waals surface area contributed by atoms with Crippen LogP contribution in [-0.4, -0.2) is 110 Å². The molecule has 0 bridgehead atoms. The Balaban J connectivity index is 1.85. The van der Waals surface area contributed by atoms with Gasteiger partial charge in [0.2, 0.25) is 27.6 Å². The quantitative estimate of drug-likeness (QED) is 0.237. The van der Waals surface area contributed by atoms with Crippen LogP contribution >= 0.6 is 0 Å². The number of fused-ring (bicyclic) bond motifs is 1. The summed E-state index contributed by atoms with van der Waals surface area (Å²) in [4.78, 5) is 67.5. The summed E-state index contributed by atoms with van der Waals surface area (Å²) in [5, 5.41) is 9.98. The molecule has 3 rings (SSSR count). The van der Waals surface area contributed by atoms with Gasteiger partial charge in [-0.1, -0.05) is 55.4 Å². The third-order valence-corrected chi connectivity index (χ3v) is 11.8. The second-order valence-electron chi connectivity index (χ2n) is 15.9. The number of sulfonamides is 1. The number of piperidine rings is 1. The normalized spacial score (nSPS) is 25.3. The van der Waals surface area contributed by atoms with Crippen molar-refractivity contribution in [1.82, 2.24) is 30.5 Å². The van der Waals surface area contributed by atoms with Crippen molar-refractivity contribution in [3.8, 4) is 0 Å². The molecule has 0 aromatic carbocycles. The van der Waals surface area contributed by atoms with Crippen molar-refractivity contribution in [2.75, 3.05) is 32.4 Å². The fourth-order valence-electron chi connectivity index (χ4n) is 6.71. The Hall–Kier alpha value is -2.95. The summed E-state index contributed by atoms with van der Waals surface area (Å²) in [6.45, 7) is 15.1. The number of rotatable bonds is 11. The van der Waals surface area contributed by atoms with E-state index in [2.05, 4.69) is 21.3 Å². The van der Waals surface area contributed by atoms with Gasteiger partial charge >= 0.3 is 12.2 Å². The number of likely N-dealkylation sites (tertiary alicyclic amines) is 1. The van der Waals surface area contributed by atoms with Crippen molar-refractivity contribution in [2.24, 2.45) is 28.1 Å². The van der Waals surface area contributed by atoms with Crippen LogP contribution in [-0.2, 0) is 29.2 Å². The van der Waals surface area contributed by atoms with E-state index in [0.29, 0.717) is 13.0 Å². The van der Waals surface area contributed by atoms with E-state index in [-0.39, 0.29) is 36.1 Å². The SMILES string of the molecule is CNC(=O)C(=O)C(CCC(F)(F)F)NC(=O)[C@@H]1[C@@H]2[C@H](CN1C(=O)[C@@H](NC(=O)N[C@H](CN1CCCS1(=O)=O)C(C)(C)C)C(C)(C)C)C2(C)C. The Morgan fingerprint density at radius 2 is 1.54 bits per heavy atom. The fourth-order valence-corrected chi connectivity index (χ4v) is 8.25. The lowest BCUT2D eigenvalue weighted by Crippen LogP contribution is -2.62. The van der Waals surface area contributed by atoms with Crippen molar-refractivity contribution < 1.29 is 45.6 Å². The average molecular weight is 709 g/mol. The van der Waals surface area contributed by atoms with E-state index < -0.39 is 93.6 Å². The predicted molar refractivity (Wildman–Crippen MR) is 171 cm³/mol. The molecule has 2 aliphatic heterocycles. The minimum Gasteiger partial charge on any atom is -0.353 e. The number of alkyl halides is 3. The van der Waals surface area contributed by atoms with Gasteiger partial charge in [0, 0.05) is 39.1 Å². The number of likely N-dealkylation sites (N-methyl/N-ethyl adjacent to an activating group) is 1. The van der Waals surface area contributed by atoms with Gasteiger partial charge in [-0.05, 0) is 40.9 Å². The lowest BCUT2D eigenvalue weighted by molar-refractivity contribution is -0.148. The molecule has 13 nitrogen and oxygen atoms in total. The molecular weight excluding hydrogens is 657 g/mol. The highest BCUT2D eigenvalue weighted by Crippen LogP contribution is 2.65. The lowest BCUT2D eigenvalue weighted by Gasteiger charge is -2.39. The van der Waals surface area contributed by atoms with Crippen LogP contribution in [0.15, 0.2) is 0 Å². The van der Waals surface area contributed by atoms with Gasteiger partial charge in [-0.3, -0.25) is 19.2 Å². The van der Waals surface area contributed by atoms with Crippen molar-refractivity contribution in [3.05, 3.63) is 0 Å². The molecule has 1 aliphatic carbocycles. The zero-order valence-corrected chi connectivity index (χ0v) is 30.0. The Bertz CT molecular complexity index is 1390. The number of carbonyl (C=O) groups excluding carboxylic acids is 5. The fraction of sp³-hybridized carbons (Fsp3) is 0.839. The summed E-state index contributed by atoms with van der Waals surface area (Å²) in [6.07, 6.45) is -6.44. The first kappa shape index (κ1) is 39.5. The molecule has 0 spiro atoms. The molecule has 1 saturated carbocycles. The number of halogens is 3. The van der Waals surface area contributed by atoms with Crippen molar-refractivity contribution >= 4 is 39.6 Å². The maximum atomic E-state index is 14.2. The van der Waals surface area contributed by atoms with Gasteiger partial charge in [0.1, 0.15) is 12.1 Å². The average Bonchev–Trinajstić information content (AvgIpc) is 3.24. The molecule has 4 N–H and O–H groups in total. The molecule has 3 aliphatic rings. The van der Waals surface area contributed by atoms with E-state index in [1.165, 1.54) is 9.21 Å². The molecule has 17 heteroatoms. The highest BCUT2D eigenvalue weighted by molar-refractivity contribution is 7.89. The van der Waals surface area contributed by atoms with Crippen LogP contribution in [0.5, 0.6) is 0 Å². The number of carbonyl (C=O) groups is 5. The summed E-state index contributed by atoms with van der Waals surface area (Å²) in [5.41, 5.74) is -1.82. The lowest BCUT2D eigenvalue weighted by atomic mass is 9.85. The topological polar surface area (TPSA) is 174 Å². The van der Waals surface area contributed by atoms with E-state index in [1.807, 2.05) is 34.6 Å². The number of Topliss-reactive ketones (excluding diaryl/α,β-unsaturated/α-hetero) is 1. The maximum Gasteiger partial charge on any atom is 0.389 e. The molecule has 1 unspecified atom stereocenters. The Kier molecular flexibility index (Phi) is 11.3. The van der Waals surface area contributed by atoms with Crippen LogP contribution in [0, 0.1) is 28.1 Å². The first-order valence-electron chi connectivity index (χ1n) is 16.2. The Morgan fingerprint density at radius 1 is 0.938 bits per heavy atom. The first-order chi connectivity index (χ1) is 21.7. The molecule has 0 aromatic heterocycles. The second-order valence-corrected chi connectivity index (χ2v) is 18.0. The van der Waals surface area contributed by atoms with Crippen LogP contribution in [0.25, 0.3) is 0 Å². The van der Waals surface area contributed by atoms with E-state index in [0.717, 1.165) is 7.05 Å². The molecule has 3 fully saturated rings. The van der Waals surface area contributed by atoms with E-state index in [9.17, 15) is 45.6 Å². The smallest absolute Gasteiger partial charge is 0.353 e. The molecular formula is C31H51F3N6O7S. The van der Waals surface area contributed by atoms with Gasteiger partial charge in [0.25, 0.3) is 5.91 Å². The number of ketones is 1. The van der Waals surface area contributed by atoms with E-state index >= 15 is 0 Å². The third kappa shape index (κ3) is 8.98. The van der Waals surface area contributed by atoms with E-state index in [1.54, 1.807) is 20.8 Å². The molecule has 2 heterocycles. The van der Waals surface area contributed by atoms with Gasteiger partial charge in [-0.25, -0.2) is 13.2 Å². The number of amides is 5. The number of nitrogens with zero attached hydrogens (tertiary/aromatic N) is 2. The van der Waals surface area contributed by atoms with Crippen molar-refractivity contribution in [1.29, 1.82) is 0 Å². The summed E-state index contributed by atoms with van der Waals surface area (Å²) in [7, 11) is -2.30. The second kappa shape index (κ2) is 13.8. The van der Waals surface area contributed by atoms with Gasteiger partial charge in [0.15, 0.2) is 0 Å². The standard InChI is InChI=1S/C31H51F3N6O7S/c1-28(2,3)19(16-39-13-10-14-48(39,46)47)37-27(45)38-23(29(4,5)6)26(44)40-15-17-20(30(17,7)8)21(40)24(42)36-18(11-12-31(32,33)34)22(41)25(43)35-9/h17-21,23H,10-16H2,1-9H3,(H,35,43)(H,36,42)(H2,37,38,45)/t17-,18?,19+,20-,21-,23+/m0/s1. The number of hydrogen-bond donors (Lipinski definition) is 4. The van der Waals surface area contributed by atoms with Crippen LogP contribution < -0.4 is 21.3 Å². The zero-order chi connectivity index (χ0) is 36.8. The molecule has 5 amide bonds. The van der Waals surface area contributed by atoms with Crippen LogP contribution in [0.4, 0.5) is 18.0 Å². The van der Waals surface area contributed by atoms with Gasteiger partial charge in [-0.15, -0.1) is 0 Å². The summed E-state index contributed by atoms with van der Waals surface area (Å²) < 4.78 is 65.5. The summed E-state index contributed by atoms with van der Waals surface area (Å²) in [6, 6.07) is -5.44. The number of hydrogen-bond acceptors (Lipinski definition) is 7. The van der Waals surface area contributed by atoms with Crippen LogP contribution in [0.3, 0.4) is 0 Å².